The molecule has 0 N–H and O–H groups in total. The van der Waals surface area contributed by atoms with Gasteiger partial charge in [-0.3, -0.25) is 0 Å². The Kier molecular flexibility index (Phi) is 3.97. The fraction of sp³-hybridized carbons (Fsp3) is 0.400. The van der Waals surface area contributed by atoms with Gasteiger partial charge in [0.15, 0.2) is 0 Å². The van der Waals surface area contributed by atoms with E-state index < -0.39 is 0 Å². The van der Waals surface area contributed by atoms with E-state index in [1.807, 2.05) is 18.2 Å². The average Bonchev–Trinajstić information content (AvgIpc) is 2.40. The highest BCUT2D eigenvalue weighted by molar-refractivity contribution is 5.83. The standard InChI is InChI=1S/C15H18O2/c1-2-15(16)17-14-11-7-6-10-13(14)12-8-4-3-5-9-12/h2,6-7,10-12H,1,3-5,8-9H2. The Bertz CT molecular complexity index is 403. The lowest BCUT2D eigenvalue weighted by molar-refractivity contribution is -0.129. The maximum absolute atomic E-state index is 11.3. The second-order valence-corrected chi connectivity index (χ2v) is 4.50. The number of rotatable bonds is 3. The molecule has 0 amide bonds. The van der Waals surface area contributed by atoms with Crippen molar-refractivity contribution in [3.8, 4) is 5.75 Å². The Morgan fingerprint density at radius 2 is 1.94 bits per heavy atom. The molecule has 1 aliphatic carbocycles. The highest BCUT2D eigenvalue weighted by Crippen LogP contribution is 2.37. The van der Waals surface area contributed by atoms with Crippen LogP contribution in [-0.2, 0) is 4.79 Å². The van der Waals surface area contributed by atoms with Gasteiger partial charge in [-0.15, -0.1) is 0 Å². The molecule has 1 aromatic rings. The first-order valence-electron chi connectivity index (χ1n) is 6.24. The number of ether oxygens (including phenoxy) is 1. The molecule has 1 aromatic carbocycles. The van der Waals surface area contributed by atoms with Crippen molar-refractivity contribution in [3.63, 3.8) is 0 Å². The predicted molar refractivity (Wildman–Crippen MR) is 68.1 cm³/mol. The van der Waals surface area contributed by atoms with Crippen LogP contribution in [0.15, 0.2) is 36.9 Å². The Labute approximate surface area is 102 Å². The number of hydrogen-bond acceptors (Lipinski definition) is 2. The summed E-state index contributed by atoms with van der Waals surface area (Å²) in [5.41, 5.74) is 1.17. The molecular weight excluding hydrogens is 212 g/mol. The molecule has 90 valence electrons. The summed E-state index contributed by atoms with van der Waals surface area (Å²) in [5, 5.41) is 0. The lowest BCUT2D eigenvalue weighted by Gasteiger charge is -2.23. The molecular formula is C15H18O2. The average molecular weight is 230 g/mol. The van der Waals surface area contributed by atoms with Crippen molar-refractivity contribution in [1.82, 2.24) is 0 Å². The summed E-state index contributed by atoms with van der Waals surface area (Å²) in [7, 11) is 0. The fourth-order valence-corrected chi connectivity index (χ4v) is 2.47. The summed E-state index contributed by atoms with van der Waals surface area (Å²) in [5.74, 6) is 0.857. The minimum atomic E-state index is -0.381. The van der Waals surface area contributed by atoms with Gasteiger partial charge in [0, 0.05) is 6.08 Å². The van der Waals surface area contributed by atoms with E-state index in [-0.39, 0.29) is 5.97 Å². The number of benzene rings is 1. The van der Waals surface area contributed by atoms with Gasteiger partial charge in [0.1, 0.15) is 5.75 Å². The van der Waals surface area contributed by atoms with Crippen molar-refractivity contribution in [1.29, 1.82) is 0 Å². The molecule has 0 radical (unpaired) electrons. The summed E-state index contributed by atoms with van der Waals surface area (Å²) < 4.78 is 5.29. The first kappa shape index (κ1) is 11.9. The van der Waals surface area contributed by atoms with Gasteiger partial charge in [-0.2, -0.15) is 0 Å². The molecule has 1 fully saturated rings. The molecule has 0 heterocycles. The number of hydrogen-bond donors (Lipinski definition) is 0. The Hall–Kier alpha value is -1.57. The summed E-state index contributed by atoms with van der Waals surface area (Å²) >= 11 is 0. The summed E-state index contributed by atoms with van der Waals surface area (Å²) in [6.07, 6.45) is 7.47. The number of para-hydroxylation sites is 1. The lowest BCUT2D eigenvalue weighted by atomic mass is 9.84. The molecule has 0 atom stereocenters. The zero-order chi connectivity index (χ0) is 12.1. The molecule has 0 saturated heterocycles. The van der Waals surface area contributed by atoms with Gasteiger partial charge in [-0.05, 0) is 30.4 Å². The van der Waals surface area contributed by atoms with E-state index in [2.05, 4.69) is 12.6 Å². The quantitative estimate of drug-likeness (QED) is 0.448. The molecule has 0 aliphatic heterocycles. The zero-order valence-corrected chi connectivity index (χ0v) is 10.0. The summed E-state index contributed by atoms with van der Waals surface area (Å²) in [4.78, 5) is 11.3. The number of carbonyl (C=O) groups is 1. The van der Waals surface area contributed by atoms with Crippen LogP contribution in [-0.4, -0.2) is 5.97 Å². The second-order valence-electron chi connectivity index (χ2n) is 4.50. The third-order valence-corrected chi connectivity index (χ3v) is 3.34. The smallest absolute Gasteiger partial charge is 0.335 e. The first-order valence-corrected chi connectivity index (χ1v) is 6.24. The van der Waals surface area contributed by atoms with Crippen molar-refractivity contribution in [2.75, 3.05) is 0 Å². The van der Waals surface area contributed by atoms with E-state index in [9.17, 15) is 4.79 Å². The SMILES string of the molecule is C=CC(=O)Oc1ccccc1C1CCCCC1. The van der Waals surface area contributed by atoms with Crippen LogP contribution in [0.2, 0.25) is 0 Å². The van der Waals surface area contributed by atoms with Crippen LogP contribution in [0, 0.1) is 0 Å². The van der Waals surface area contributed by atoms with E-state index in [1.165, 1.54) is 43.7 Å². The van der Waals surface area contributed by atoms with Crippen molar-refractivity contribution in [3.05, 3.63) is 42.5 Å². The van der Waals surface area contributed by atoms with Crippen LogP contribution in [0.1, 0.15) is 43.6 Å². The van der Waals surface area contributed by atoms with E-state index >= 15 is 0 Å². The third kappa shape index (κ3) is 2.96. The van der Waals surface area contributed by atoms with Crippen molar-refractivity contribution >= 4 is 5.97 Å². The molecule has 0 spiro atoms. The predicted octanol–water partition coefficient (Wildman–Crippen LogP) is 3.83. The molecule has 1 saturated carbocycles. The highest BCUT2D eigenvalue weighted by atomic mass is 16.5. The van der Waals surface area contributed by atoms with Crippen LogP contribution in [0.5, 0.6) is 5.75 Å². The van der Waals surface area contributed by atoms with Crippen molar-refractivity contribution in [2.24, 2.45) is 0 Å². The molecule has 2 heteroatoms. The minimum Gasteiger partial charge on any atom is -0.423 e. The third-order valence-electron chi connectivity index (χ3n) is 3.34. The molecule has 0 unspecified atom stereocenters. The van der Waals surface area contributed by atoms with E-state index in [1.54, 1.807) is 0 Å². The van der Waals surface area contributed by atoms with E-state index in [0.717, 1.165) is 0 Å². The maximum atomic E-state index is 11.3. The highest BCUT2D eigenvalue weighted by Gasteiger charge is 2.19. The lowest BCUT2D eigenvalue weighted by Crippen LogP contribution is -2.10. The number of carbonyl (C=O) groups excluding carboxylic acids is 1. The van der Waals surface area contributed by atoms with Crippen LogP contribution in [0.3, 0.4) is 0 Å². The molecule has 0 aromatic heterocycles. The van der Waals surface area contributed by atoms with Crippen LogP contribution in [0.4, 0.5) is 0 Å². The van der Waals surface area contributed by atoms with Gasteiger partial charge < -0.3 is 4.74 Å². The Balaban J connectivity index is 2.19. The topological polar surface area (TPSA) is 26.3 Å². The van der Waals surface area contributed by atoms with Crippen LogP contribution >= 0.6 is 0 Å². The molecule has 1 aliphatic rings. The number of esters is 1. The molecule has 17 heavy (non-hydrogen) atoms. The molecule has 2 nitrogen and oxygen atoms in total. The van der Waals surface area contributed by atoms with Gasteiger partial charge in [0.25, 0.3) is 0 Å². The summed E-state index contributed by atoms with van der Waals surface area (Å²) in [6, 6.07) is 7.85. The first-order chi connectivity index (χ1) is 8.31. The Morgan fingerprint density at radius 3 is 2.65 bits per heavy atom. The summed E-state index contributed by atoms with van der Waals surface area (Å²) in [6.45, 7) is 3.42. The fourth-order valence-electron chi connectivity index (χ4n) is 2.47. The van der Waals surface area contributed by atoms with Crippen molar-refractivity contribution < 1.29 is 9.53 Å². The van der Waals surface area contributed by atoms with E-state index in [4.69, 9.17) is 4.74 Å². The zero-order valence-electron chi connectivity index (χ0n) is 10.0. The van der Waals surface area contributed by atoms with Crippen LogP contribution < -0.4 is 4.74 Å². The molecule has 2 rings (SSSR count). The van der Waals surface area contributed by atoms with Crippen LogP contribution in [0.25, 0.3) is 0 Å². The van der Waals surface area contributed by atoms with Gasteiger partial charge in [0.05, 0.1) is 0 Å². The van der Waals surface area contributed by atoms with Gasteiger partial charge in [-0.1, -0.05) is 44.0 Å². The minimum absolute atomic E-state index is 0.381. The van der Waals surface area contributed by atoms with Gasteiger partial charge >= 0.3 is 5.97 Å². The largest absolute Gasteiger partial charge is 0.423 e. The maximum Gasteiger partial charge on any atom is 0.335 e. The second kappa shape index (κ2) is 5.67. The van der Waals surface area contributed by atoms with Crippen molar-refractivity contribution in [2.45, 2.75) is 38.0 Å². The van der Waals surface area contributed by atoms with Gasteiger partial charge in [0.2, 0.25) is 0 Å². The van der Waals surface area contributed by atoms with Gasteiger partial charge in [-0.25, -0.2) is 4.79 Å². The monoisotopic (exact) mass is 230 g/mol. The molecule has 0 bridgehead atoms. The Morgan fingerprint density at radius 1 is 1.24 bits per heavy atom. The van der Waals surface area contributed by atoms with E-state index in [0.29, 0.717) is 11.7 Å². The normalized spacial score (nSPS) is 16.5.